The van der Waals surface area contributed by atoms with E-state index in [1.807, 2.05) is 26.0 Å². The van der Waals surface area contributed by atoms with Crippen molar-refractivity contribution >= 4 is 0 Å². The van der Waals surface area contributed by atoms with Crippen molar-refractivity contribution in [2.24, 2.45) is 5.73 Å². The van der Waals surface area contributed by atoms with E-state index in [-0.39, 0.29) is 0 Å². The molecule has 0 fully saturated rings. The fraction of sp³-hybridized carbons (Fsp3) is 0.353. The van der Waals surface area contributed by atoms with Crippen LogP contribution in [-0.4, -0.2) is 11.6 Å². The Balaban J connectivity index is 1.91. The highest BCUT2D eigenvalue weighted by Gasteiger charge is 2.08. The van der Waals surface area contributed by atoms with E-state index in [9.17, 15) is 0 Å². The molecule has 1 heterocycles. The molecular formula is C17H22N2O. The minimum Gasteiger partial charge on any atom is -0.493 e. The van der Waals surface area contributed by atoms with E-state index in [0.29, 0.717) is 13.2 Å². The Hall–Kier alpha value is -1.87. The van der Waals surface area contributed by atoms with E-state index in [2.05, 4.69) is 29.2 Å². The second kappa shape index (κ2) is 7.06. The summed E-state index contributed by atoms with van der Waals surface area (Å²) < 4.78 is 5.89. The van der Waals surface area contributed by atoms with Crippen molar-refractivity contribution in [2.75, 3.05) is 6.61 Å². The summed E-state index contributed by atoms with van der Waals surface area (Å²) in [4.78, 5) is 4.42. The van der Waals surface area contributed by atoms with Crippen LogP contribution < -0.4 is 10.5 Å². The molecule has 0 saturated carbocycles. The molecule has 2 aromatic rings. The van der Waals surface area contributed by atoms with E-state index >= 15 is 0 Å². The zero-order valence-electron chi connectivity index (χ0n) is 12.2. The molecule has 106 valence electrons. The highest BCUT2D eigenvalue weighted by Crippen LogP contribution is 2.22. The second-order valence-corrected chi connectivity index (χ2v) is 4.97. The maximum Gasteiger partial charge on any atom is 0.127 e. The Labute approximate surface area is 120 Å². The van der Waals surface area contributed by atoms with Gasteiger partial charge in [-0.1, -0.05) is 30.3 Å². The zero-order chi connectivity index (χ0) is 14.4. The molecule has 0 aliphatic rings. The third-order valence-corrected chi connectivity index (χ3v) is 3.33. The number of rotatable bonds is 6. The molecule has 20 heavy (non-hydrogen) atoms. The van der Waals surface area contributed by atoms with E-state index in [0.717, 1.165) is 35.5 Å². The number of benzene rings is 1. The van der Waals surface area contributed by atoms with Crippen molar-refractivity contribution in [1.29, 1.82) is 0 Å². The predicted octanol–water partition coefficient (Wildman–Crippen LogP) is 3.17. The molecule has 2 rings (SSSR count). The number of hydrogen-bond donors (Lipinski definition) is 1. The molecule has 0 bridgehead atoms. The normalized spacial score (nSPS) is 10.6. The van der Waals surface area contributed by atoms with Crippen LogP contribution in [0.25, 0.3) is 0 Å². The van der Waals surface area contributed by atoms with Crippen molar-refractivity contribution in [3.63, 3.8) is 0 Å². The van der Waals surface area contributed by atoms with Gasteiger partial charge in [0.05, 0.1) is 6.61 Å². The first-order chi connectivity index (χ1) is 9.70. The standard InChI is InChI=1S/C17H22N2O/c1-13-11-17(16(12-18)14(2)19-13)20-10-6-9-15-7-4-3-5-8-15/h3-5,7-8,11H,6,9-10,12,18H2,1-2H3. The van der Waals surface area contributed by atoms with Gasteiger partial charge in [-0.15, -0.1) is 0 Å². The van der Waals surface area contributed by atoms with Crippen LogP contribution in [0.4, 0.5) is 0 Å². The van der Waals surface area contributed by atoms with E-state index in [4.69, 9.17) is 10.5 Å². The smallest absolute Gasteiger partial charge is 0.127 e. The molecule has 2 N–H and O–H groups in total. The quantitative estimate of drug-likeness (QED) is 0.820. The first-order valence-electron chi connectivity index (χ1n) is 7.04. The third kappa shape index (κ3) is 3.81. The SMILES string of the molecule is Cc1cc(OCCCc2ccccc2)c(CN)c(C)n1. The van der Waals surface area contributed by atoms with Crippen LogP contribution >= 0.6 is 0 Å². The highest BCUT2D eigenvalue weighted by molar-refractivity contribution is 5.37. The highest BCUT2D eigenvalue weighted by atomic mass is 16.5. The molecule has 3 heteroatoms. The average Bonchev–Trinajstić information content (AvgIpc) is 2.44. The molecule has 1 aromatic heterocycles. The Kier molecular flexibility index (Phi) is 5.13. The Morgan fingerprint density at radius 1 is 1.15 bits per heavy atom. The lowest BCUT2D eigenvalue weighted by atomic mass is 10.1. The summed E-state index contributed by atoms with van der Waals surface area (Å²) in [6.07, 6.45) is 2.02. The van der Waals surface area contributed by atoms with E-state index in [1.165, 1.54) is 5.56 Å². The van der Waals surface area contributed by atoms with Crippen LogP contribution in [0, 0.1) is 13.8 Å². The van der Waals surface area contributed by atoms with Crippen molar-refractivity contribution in [3.8, 4) is 5.75 Å². The lowest BCUT2D eigenvalue weighted by Gasteiger charge is -2.13. The van der Waals surface area contributed by atoms with Crippen LogP contribution in [0.15, 0.2) is 36.4 Å². The fourth-order valence-corrected chi connectivity index (χ4v) is 2.30. The summed E-state index contributed by atoms with van der Waals surface area (Å²) in [7, 11) is 0. The maximum atomic E-state index is 5.89. The van der Waals surface area contributed by atoms with Crippen LogP contribution in [0.3, 0.4) is 0 Å². The molecule has 0 unspecified atom stereocenters. The van der Waals surface area contributed by atoms with Gasteiger partial charge in [-0.3, -0.25) is 4.98 Å². The summed E-state index contributed by atoms with van der Waals surface area (Å²) in [6, 6.07) is 12.4. The van der Waals surface area contributed by atoms with Crippen LogP contribution in [0.2, 0.25) is 0 Å². The maximum absolute atomic E-state index is 5.89. The van der Waals surface area contributed by atoms with Crippen LogP contribution in [0.5, 0.6) is 5.75 Å². The number of ether oxygens (including phenoxy) is 1. The van der Waals surface area contributed by atoms with E-state index in [1.54, 1.807) is 0 Å². The van der Waals surface area contributed by atoms with Gasteiger partial charge in [0.25, 0.3) is 0 Å². The summed E-state index contributed by atoms with van der Waals surface area (Å²) in [6.45, 7) is 5.12. The molecule has 0 radical (unpaired) electrons. The summed E-state index contributed by atoms with van der Waals surface area (Å²) in [5.41, 5.74) is 10.1. The minimum absolute atomic E-state index is 0.465. The molecule has 0 aliphatic heterocycles. The van der Waals surface area contributed by atoms with Gasteiger partial charge in [0, 0.05) is 29.6 Å². The molecule has 0 amide bonds. The Morgan fingerprint density at radius 3 is 2.60 bits per heavy atom. The molecule has 0 atom stereocenters. The number of aromatic nitrogens is 1. The van der Waals surface area contributed by atoms with Gasteiger partial charge in [0.15, 0.2) is 0 Å². The monoisotopic (exact) mass is 270 g/mol. The number of hydrogen-bond acceptors (Lipinski definition) is 3. The zero-order valence-corrected chi connectivity index (χ0v) is 12.2. The predicted molar refractivity (Wildman–Crippen MR) is 81.9 cm³/mol. The van der Waals surface area contributed by atoms with Gasteiger partial charge in [0.2, 0.25) is 0 Å². The summed E-state index contributed by atoms with van der Waals surface area (Å²) in [5, 5.41) is 0. The van der Waals surface area contributed by atoms with Crippen molar-refractivity contribution in [1.82, 2.24) is 4.98 Å². The number of nitrogens with two attached hydrogens (primary N) is 1. The van der Waals surface area contributed by atoms with Gasteiger partial charge >= 0.3 is 0 Å². The third-order valence-electron chi connectivity index (χ3n) is 3.33. The van der Waals surface area contributed by atoms with Crippen molar-refractivity contribution < 1.29 is 4.74 Å². The molecule has 3 nitrogen and oxygen atoms in total. The van der Waals surface area contributed by atoms with Gasteiger partial charge < -0.3 is 10.5 Å². The first-order valence-corrected chi connectivity index (χ1v) is 7.04. The van der Waals surface area contributed by atoms with Gasteiger partial charge in [-0.2, -0.15) is 0 Å². The fourth-order valence-electron chi connectivity index (χ4n) is 2.30. The first kappa shape index (κ1) is 14.5. The lowest BCUT2D eigenvalue weighted by Crippen LogP contribution is -2.08. The van der Waals surface area contributed by atoms with Gasteiger partial charge in [-0.25, -0.2) is 0 Å². The molecule has 0 spiro atoms. The molecule has 0 aliphatic carbocycles. The lowest BCUT2D eigenvalue weighted by molar-refractivity contribution is 0.307. The van der Waals surface area contributed by atoms with Gasteiger partial charge in [-0.05, 0) is 32.3 Å². The summed E-state index contributed by atoms with van der Waals surface area (Å²) >= 11 is 0. The molecule has 1 aromatic carbocycles. The Morgan fingerprint density at radius 2 is 1.90 bits per heavy atom. The summed E-state index contributed by atoms with van der Waals surface area (Å²) in [5.74, 6) is 0.880. The number of nitrogens with zero attached hydrogens (tertiary/aromatic N) is 1. The van der Waals surface area contributed by atoms with E-state index < -0.39 is 0 Å². The number of aryl methyl sites for hydroxylation is 3. The van der Waals surface area contributed by atoms with Crippen molar-refractivity contribution in [2.45, 2.75) is 33.2 Å². The van der Waals surface area contributed by atoms with Gasteiger partial charge in [0.1, 0.15) is 5.75 Å². The Bertz CT molecular complexity index is 552. The van der Waals surface area contributed by atoms with Crippen LogP contribution in [0.1, 0.15) is 28.9 Å². The largest absolute Gasteiger partial charge is 0.493 e. The number of pyridine rings is 1. The van der Waals surface area contributed by atoms with Crippen molar-refractivity contribution in [3.05, 3.63) is 58.9 Å². The average molecular weight is 270 g/mol. The topological polar surface area (TPSA) is 48.1 Å². The minimum atomic E-state index is 0.465. The van der Waals surface area contributed by atoms with Crippen LogP contribution in [-0.2, 0) is 13.0 Å². The second-order valence-electron chi connectivity index (χ2n) is 4.97. The molecular weight excluding hydrogens is 248 g/mol. The molecule has 0 saturated heterocycles.